The number of aromatic nitrogens is 1. The predicted molar refractivity (Wildman–Crippen MR) is 107 cm³/mol. The molecule has 1 saturated heterocycles. The number of hydrogen-bond acceptors (Lipinski definition) is 5. The maximum Gasteiger partial charge on any atom is 0.244 e. The molecule has 1 aromatic heterocycles. The predicted octanol–water partition coefficient (Wildman–Crippen LogP) is 4.74. The average Bonchev–Trinajstić information content (AvgIpc) is 3.32. The molecule has 1 atom stereocenters. The van der Waals surface area contributed by atoms with Gasteiger partial charge in [0, 0.05) is 29.8 Å². The van der Waals surface area contributed by atoms with E-state index in [0.29, 0.717) is 23.2 Å². The van der Waals surface area contributed by atoms with E-state index in [-0.39, 0.29) is 10.3 Å². The van der Waals surface area contributed by atoms with E-state index in [2.05, 4.69) is 4.98 Å². The molecule has 1 unspecified atom stereocenters. The van der Waals surface area contributed by atoms with E-state index in [1.807, 2.05) is 12.1 Å². The van der Waals surface area contributed by atoms with Crippen molar-refractivity contribution in [2.75, 3.05) is 12.3 Å². The van der Waals surface area contributed by atoms with E-state index in [4.69, 9.17) is 16.0 Å². The van der Waals surface area contributed by atoms with Crippen LogP contribution in [0, 0.1) is 6.92 Å². The second kappa shape index (κ2) is 7.31. The van der Waals surface area contributed by atoms with Gasteiger partial charge in [0.2, 0.25) is 10.0 Å². The molecular formula is C19H17ClN2O3S2. The van der Waals surface area contributed by atoms with Crippen LogP contribution in [0.1, 0.15) is 16.8 Å². The lowest BCUT2D eigenvalue weighted by Gasteiger charge is -2.23. The summed E-state index contributed by atoms with van der Waals surface area (Å²) in [7, 11) is -3.60. The van der Waals surface area contributed by atoms with Gasteiger partial charge >= 0.3 is 0 Å². The molecule has 0 N–H and O–H groups in total. The first-order valence-corrected chi connectivity index (χ1v) is 11.2. The highest BCUT2D eigenvalue weighted by atomic mass is 35.5. The number of aryl methyl sites for hydroxylation is 1. The zero-order valence-electron chi connectivity index (χ0n) is 14.5. The Bertz CT molecular complexity index is 1050. The molecule has 0 radical (unpaired) electrons. The first-order valence-electron chi connectivity index (χ1n) is 8.36. The van der Waals surface area contributed by atoms with Crippen molar-refractivity contribution < 1.29 is 12.8 Å². The summed E-state index contributed by atoms with van der Waals surface area (Å²) >= 11 is 7.57. The van der Waals surface area contributed by atoms with Crippen molar-refractivity contribution in [3.63, 3.8) is 0 Å². The fraction of sp³-hybridized carbons (Fsp3) is 0.211. The van der Waals surface area contributed by atoms with Crippen molar-refractivity contribution in [2.24, 2.45) is 0 Å². The molecule has 0 amide bonds. The summed E-state index contributed by atoms with van der Waals surface area (Å²) in [5.41, 5.74) is 2.43. The van der Waals surface area contributed by atoms with Crippen LogP contribution in [0.25, 0.3) is 11.3 Å². The van der Waals surface area contributed by atoms with Crippen LogP contribution in [-0.2, 0) is 10.0 Å². The maximum absolute atomic E-state index is 13.2. The lowest BCUT2D eigenvalue weighted by molar-refractivity contribution is 0.434. The number of sulfonamides is 1. The number of oxazole rings is 1. The molecule has 0 bridgehead atoms. The van der Waals surface area contributed by atoms with Gasteiger partial charge in [-0.2, -0.15) is 4.31 Å². The molecule has 8 heteroatoms. The van der Waals surface area contributed by atoms with Crippen molar-refractivity contribution in [1.82, 2.24) is 9.29 Å². The molecule has 1 fully saturated rings. The minimum Gasteiger partial charge on any atom is -0.449 e. The molecule has 0 saturated carbocycles. The van der Waals surface area contributed by atoms with Crippen LogP contribution in [0.3, 0.4) is 0 Å². The van der Waals surface area contributed by atoms with Crippen LogP contribution < -0.4 is 0 Å². The lowest BCUT2D eigenvalue weighted by atomic mass is 10.2. The topological polar surface area (TPSA) is 63.4 Å². The van der Waals surface area contributed by atoms with Crippen LogP contribution in [0.2, 0.25) is 5.02 Å². The molecule has 140 valence electrons. The summed E-state index contributed by atoms with van der Waals surface area (Å²) in [5, 5.41) is 0.389. The van der Waals surface area contributed by atoms with Crippen LogP contribution in [0.15, 0.2) is 64.1 Å². The van der Waals surface area contributed by atoms with E-state index in [9.17, 15) is 8.42 Å². The van der Waals surface area contributed by atoms with Gasteiger partial charge in [-0.3, -0.25) is 0 Å². The Morgan fingerprint density at radius 1 is 1.15 bits per heavy atom. The Balaban J connectivity index is 1.63. The van der Waals surface area contributed by atoms with E-state index in [0.717, 1.165) is 16.9 Å². The number of thioether (sulfide) groups is 1. The van der Waals surface area contributed by atoms with Gasteiger partial charge in [-0.05, 0) is 29.8 Å². The van der Waals surface area contributed by atoms with Gasteiger partial charge in [0.1, 0.15) is 12.0 Å². The lowest BCUT2D eigenvalue weighted by Crippen LogP contribution is -2.30. The molecular weight excluding hydrogens is 404 g/mol. The third kappa shape index (κ3) is 3.65. The molecule has 0 aliphatic carbocycles. The number of hydrogen-bond donors (Lipinski definition) is 0. The Morgan fingerprint density at radius 3 is 2.48 bits per heavy atom. The van der Waals surface area contributed by atoms with Crippen LogP contribution >= 0.6 is 23.4 Å². The summed E-state index contributed by atoms with van der Waals surface area (Å²) in [4.78, 5) is 4.54. The summed E-state index contributed by atoms with van der Waals surface area (Å²) in [6.45, 7) is 2.24. The van der Waals surface area contributed by atoms with Crippen molar-refractivity contribution >= 4 is 33.4 Å². The van der Waals surface area contributed by atoms with Crippen LogP contribution in [-0.4, -0.2) is 30.0 Å². The number of rotatable bonds is 4. The van der Waals surface area contributed by atoms with Crippen LogP contribution in [0.4, 0.5) is 0 Å². The second-order valence-electron chi connectivity index (χ2n) is 6.17. The van der Waals surface area contributed by atoms with E-state index >= 15 is 0 Å². The molecule has 1 aliphatic rings. The Labute approximate surface area is 167 Å². The fourth-order valence-electron chi connectivity index (χ4n) is 3.02. The standard InChI is InChI=1S/C19H17ClN2O3S2/c1-13-21-18(12-25-13)14-4-8-17(9-5-14)27(23,24)22-10-11-26-19(22)15-2-6-16(20)7-3-15/h2-9,12,19H,10-11H2,1H3. The number of benzene rings is 2. The highest BCUT2D eigenvalue weighted by Gasteiger charge is 2.36. The summed E-state index contributed by atoms with van der Waals surface area (Å²) < 4.78 is 33.1. The van der Waals surface area contributed by atoms with E-state index < -0.39 is 10.0 Å². The summed E-state index contributed by atoms with van der Waals surface area (Å²) in [6, 6.07) is 14.1. The largest absolute Gasteiger partial charge is 0.449 e. The van der Waals surface area contributed by atoms with Crippen LogP contribution in [0.5, 0.6) is 0 Å². The highest BCUT2D eigenvalue weighted by molar-refractivity contribution is 8.01. The highest BCUT2D eigenvalue weighted by Crippen LogP contribution is 2.41. The monoisotopic (exact) mass is 420 g/mol. The average molecular weight is 421 g/mol. The Morgan fingerprint density at radius 2 is 1.85 bits per heavy atom. The molecule has 5 nitrogen and oxygen atoms in total. The summed E-state index contributed by atoms with van der Waals surface area (Å²) in [5.74, 6) is 1.32. The molecule has 4 rings (SSSR count). The minimum atomic E-state index is -3.60. The molecule has 27 heavy (non-hydrogen) atoms. The van der Waals surface area contributed by atoms with Gasteiger partial charge in [-0.25, -0.2) is 13.4 Å². The molecule has 2 aromatic carbocycles. The minimum absolute atomic E-state index is 0.245. The molecule has 2 heterocycles. The maximum atomic E-state index is 13.2. The van der Waals surface area contributed by atoms with Crippen molar-refractivity contribution in [2.45, 2.75) is 17.2 Å². The number of halogens is 1. The van der Waals surface area contributed by atoms with Crippen molar-refractivity contribution in [1.29, 1.82) is 0 Å². The third-order valence-electron chi connectivity index (χ3n) is 4.38. The Kier molecular flexibility index (Phi) is 5.03. The second-order valence-corrected chi connectivity index (χ2v) is 9.68. The Hall–Kier alpha value is -1.80. The van der Waals surface area contributed by atoms with Gasteiger partial charge in [0.05, 0.1) is 10.3 Å². The summed E-state index contributed by atoms with van der Waals surface area (Å²) in [6.07, 6.45) is 1.56. The first kappa shape index (κ1) is 18.6. The van der Waals surface area contributed by atoms with Gasteiger partial charge in [0.15, 0.2) is 5.89 Å². The number of nitrogens with zero attached hydrogens (tertiary/aromatic N) is 2. The van der Waals surface area contributed by atoms with Crippen molar-refractivity contribution in [3.8, 4) is 11.3 Å². The molecule has 3 aromatic rings. The van der Waals surface area contributed by atoms with Gasteiger partial charge in [-0.1, -0.05) is 35.9 Å². The quantitative estimate of drug-likeness (QED) is 0.610. The van der Waals surface area contributed by atoms with Gasteiger partial charge in [0.25, 0.3) is 0 Å². The smallest absolute Gasteiger partial charge is 0.244 e. The normalized spacial score (nSPS) is 18.1. The van der Waals surface area contributed by atoms with Gasteiger partial charge in [-0.15, -0.1) is 11.8 Å². The van der Waals surface area contributed by atoms with E-state index in [1.165, 1.54) is 0 Å². The van der Waals surface area contributed by atoms with Crippen molar-refractivity contribution in [3.05, 3.63) is 71.3 Å². The first-order chi connectivity index (χ1) is 12.9. The van der Waals surface area contributed by atoms with Gasteiger partial charge < -0.3 is 4.42 Å². The molecule has 1 aliphatic heterocycles. The molecule has 0 spiro atoms. The third-order valence-corrected chi connectivity index (χ3v) is 7.90. The SMILES string of the molecule is Cc1nc(-c2ccc(S(=O)(=O)N3CCSC3c3ccc(Cl)cc3)cc2)co1. The zero-order valence-corrected chi connectivity index (χ0v) is 16.9. The zero-order chi connectivity index (χ0) is 19.0. The van der Waals surface area contributed by atoms with E-state index in [1.54, 1.807) is 65.7 Å². The fourth-order valence-corrected chi connectivity index (χ4v) is 6.39.